The van der Waals surface area contributed by atoms with Crippen LogP contribution in [0.5, 0.6) is 0 Å². The summed E-state index contributed by atoms with van der Waals surface area (Å²) in [5.74, 6) is -0.388. The minimum absolute atomic E-state index is 0.0689. The number of aliphatic hydroxyl groups is 1. The van der Waals surface area contributed by atoms with E-state index in [4.69, 9.17) is 0 Å². The van der Waals surface area contributed by atoms with Crippen LogP contribution in [0.2, 0.25) is 0 Å². The Morgan fingerprint density at radius 3 is 2.67 bits per heavy atom. The second kappa shape index (κ2) is 4.92. The Hall–Kier alpha value is -2.28. The number of aromatic nitrogens is 2. The Morgan fingerprint density at radius 1 is 1.44 bits per heavy atom. The van der Waals surface area contributed by atoms with E-state index in [1.165, 1.54) is 35.1 Å². The number of nitrogens with zero attached hydrogens (tertiary/aromatic N) is 3. The number of rotatable bonds is 4. The van der Waals surface area contributed by atoms with Gasteiger partial charge < -0.3 is 5.11 Å². The molecule has 0 aliphatic heterocycles. The van der Waals surface area contributed by atoms with Crippen molar-refractivity contribution in [2.75, 3.05) is 0 Å². The fourth-order valence-corrected chi connectivity index (χ4v) is 1.51. The van der Waals surface area contributed by atoms with Crippen LogP contribution < -0.4 is 0 Å². The quantitative estimate of drug-likeness (QED) is 0.661. The summed E-state index contributed by atoms with van der Waals surface area (Å²) in [6.07, 6.45) is 1.44. The highest BCUT2D eigenvalue weighted by Crippen LogP contribution is 2.16. The summed E-state index contributed by atoms with van der Waals surface area (Å²) in [5.41, 5.74) is 0.385. The molecule has 2 aromatic rings. The molecule has 1 aromatic carbocycles. The van der Waals surface area contributed by atoms with E-state index >= 15 is 0 Å². The SMILES string of the molecule is O=[N+]([O-])c1cnn(CC(O)c2ccc(F)cc2)c1. The van der Waals surface area contributed by atoms with Gasteiger partial charge in [0.1, 0.15) is 18.2 Å². The third-order valence-electron chi connectivity index (χ3n) is 2.45. The Balaban J connectivity index is 2.08. The molecule has 6 nitrogen and oxygen atoms in total. The average molecular weight is 251 g/mol. The highest BCUT2D eigenvalue weighted by atomic mass is 19.1. The summed E-state index contributed by atoms with van der Waals surface area (Å²) in [4.78, 5) is 9.89. The first-order valence-electron chi connectivity index (χ1n) is 5.16. The minimum atomic E-state index is -0.898. The predicted molar refractivity (Wildman–Crippen MR) is 60.2 cm³/mol. The Morgan fingerprint density at radius 2 is 2.11 bits per heavy atom. The average Bonchev–Trinajstić information content (AvgIpc) is 2.78. The van der Waals surface area contributed by atoms with Crippen molar-refractivity contribution in [1.29, 1.82) is 0 Å². The molecule has 1 N–H and O–H groups in total. The van der Waals surface area contributed by atoms with E-state index in [2.05, 4.69) is 5.10 Å². The van der Waals surface area contributed by atoms with Crippen LogP contribution >= 0.6 is 0 Å². The monoisotopic (exact) mass is 251 g/mol. The summed E-state index contributed by atoms with van der Waals surface area (Å²) in [5, 5.41) is 24.1. The van der Waals surface area contributed by atoms with Crippen LogP contribution in [-0.2, 0) is 6.54 Å². The molecule has 94 valence electrons. The van der Waals surface area contributed by atoms with E-state index in [9.17, 15) is 19.6 Å². The summed E-state index contributed by atoms with van der Waals surface area (Å²) >= 11 is 0. The Labute approximate surface area is 101 Å². The molecule has 7 heteroatoms. The number of nitro groups is 1. The molecule has 2 rings (SSSR count). The maximum absolute atomic E-state index is 12.7. The fourth-order valence-electron chi connectivity index (χ4n) is 1.51. The van der Waals surface area contributed by atoms with Crippen molar-refractivity contribution in [2.45, 2.75) is 12.6 Å². The lowest BCUT2D eigenvalue weighted by atomic mass is 10.1. The molecule has 18 heavy (non-hydrogen) atoms. The van der Waals surface area contributed by atoms with Gasteiger partial charge in [0.2, 0.25) is 0 Å². The molecule has 0 bridgehead atoms. The van der Waals surface area contributed by atoms with Crippen LogP contribution in [-0.4, -0.2) is 19.8 Å². The van der Waals surface area contributed by atoms with Gasteiger partial charge in [-0.05, 0) is 17.7 Å². The molecule has 0 amide bonds. The normalized spacial score (nSPS) is 12.3. The van der Waals surface area contributed by atoms with Crippen LogP contribution in [0.25, 0.3) is 0 Å². The summed E-state index contributed by atoms with van der Waals surface area (Å²) in [6.45, 7) is 0.0689. The van der Waals surface area contributed by atoms with Gasteiger partial charge in [0.25, 0.3) is 0 Å². The third kappa shape index (κ3) is 2.69. The largest absolute Gasteiger partial charge is 0.386 e. The zero-order valence-corrected chi connectivity index (χ0v) is 9.23. The van der Waals surface area contributed by atoms with Crippen molar-refractivity contribution in [2.24, 2.45) is 0 Å². The first kappa shape index (κ1) is 12.2. The van der Waals surface area contributed by atoms with Gasteiger partial charge in [0.15, 0.2) is 0 Å². The first-order valence-corrected chi connectivity index (χ1v) is 5.16. The predicted octanol–water partition coefficient (Wildman–Crippen LogP) is 1.66. The lowest BCUT2D eigenvalue weighted by Crippen LogP contribution is -2.09. The van der Waals surface area contributed by atoms with Crippen molar-refractivity contribution < 1.29 is 14.4 Å². The second-order valence-corrected chi connectivity index (χ2v) is 3.75. The van der Waals surface area contributed by atoms with Crippen LogP contribution in [0, 0.1) is 15.9 Å². The highest BCUT2D eigenvalue weighted by molar-refractivity contribution is 5.22. The van der Waals surface area contributed by atoms with Gasteiger partial charge in [0.05, 0.1) is 17.6 Å². The van der Waals surface area contributed by atoms with Crippen molar-refractivity contribution in [3.05, 3.63) is 58.2 Å². The standard InChI is InChI=1S/C11H10FN3O3/c12-9-3-1-8(2-4-9)11(16)7-14-6-10(5-13-14)15(17)18/h1-6,11,16H,7H2. The number of aliphatic hydroxyl groups excluding tert-OH is 1. The Bertz CT molecular complexity index is 553. The maximum atomic E-state index is 12.7. The number of hydrogen-bond donors (Lipinski definition) is 1. The van der Waals surface area contributed by atoms with Gasteiger partial charge in [-0.25, -0.2) is 4.39 Å². The lowest BCUT2D eigenvalue weighted by Gasteiger charge is -2.10. The van der Waals surface area contributed by atoms with E-state index < -0.39 is 11.0 Å². The summed E-state index contributed by atoms with van der Waals surface area (Å²) in [6, 6.07) is 5.39. The minimum Gasteiger partial charge on any atom is -0.386 e. The molecule has 1 atom stereocenters. The van der Waals surface area contributed by atoms with Gasteiger partial charge in [-0.3, -0.25) is 14.8 Å². The lowest BCUT2D eigenvalue weighted by molar-refractivity contribution is -0.385. The smallest absolute Gasteiger partial charge is 0.306 e. The molecule has 0 saturated carbocycles. The molecule has 0 spiro atoms. The number of benzene rings is 1. The fraction of sp³-hybridized carbons (Fsp3) is 0.182. The molecular formula is C11H10FN3O3. The maximum Gasteiger partial charge on any atom is 0.306 e. The van der Waals surface area contributed by atoms with E-state index in [1.807, 2.05) is 0 Å². The molecule has 0 saturated heterocycles. The van der Waals surface area contributed by atoms with E-state index in [0.717, 1.165) is 6.20 Å². The zero-order chi connectivity index (χ0) is 13.1. The van der Waals surface area contributed by atoms with Crippen LogP contribution in [0.4, 0.5) is 10.1 Å². The molecule has 1 unspecified atom stereocenters. The first-order chi connectivity index (χ1) is 8.56. The molecule has 1 heterocycles. The van der Waals surface area contributed by atoms with E-state index in [1.54, 1.807) is 0 Å². The second-order valence-electron chi connectivity index (χ2n) is 3.75. The third-order valence-corrected chi connectivity index (χ3v) is 2.45. The van der Waals surface area contributed by atoms with Crippen molar-refractivity contribution in [3.63, 3.8) is 0 Å². The van der Waals surface area contributed by atoms with Gasteiger partial charge in [-0.1, -0.05) is 12.1 Å². The number of halogens is 1. The van der Waals surface area contributed by atoms with Crippen LogP contribution in [0.1, 0.15) is 11.7 Å². The molecule has 0 radical (unpaired) electrons. The van der Waals surface area contributed by atoms with Crippen molar-refractivity contribution >= 4 is 5.69 Å². The van der Waals surface area contributed by atoms with E-state index in [0.29, 0.717) is 5.56 Å². The van der Waals surface area contributed by atoms with Gasteiger partial charge in [0, 0.05) is 0 Å². The molecule has 0 fully saturated rings. The highest BCUT2D eigenvalue weighted by Gasteiger charge is 2.13. The summed E-state index contributed by atoms with van der Waals surface area (Å²) in [7, 11) is 0. The van der Waals surface area contributed by atoms with Gasteiger partial charge in [-0.2, -0.15) is 5.10 Å². The molecule has 1 aromatic heterocycles. The van der Waals surface area contributed by atoms with Gasteiger partial charge in [-0.15, -0.1) is 0 Å². The summed E-state index contributed by atoms with van der Waals surface area (Å²) < 4.78 is 14.0. The topological polar surface area (TPSA) is 81.2 Å². The molecule has 0 aliphatic rings. The zero-order valence-electron chi connectivity index (χ0n) is 9.23. The van der Waals surface area contributed by atoms with Crippen molar-refractivity contribution in [1.82, 2.24) is 9.78 Å². The Kier molecular flexibility index (Phi) is 3.33. The van der Waals surface area contributed by atoms with Crippen molar-refractivity contribution in [3.8, 4) is 0 Å². The molecule has 0 aliphatic carbocycles. The van der Waals surface area contributed by atoms with E-state index in [-0.39, 0.29) is 18.0 Å². The van der Waals surface area contributed by atoms with Crippen LogP contribution in [0.3, 0.4) is 0 Å². The molecular weight excluding hydrogens is 241 g/mol. The van der Waals surface area contributed by atoms with Gasteiger partial charge >= 0.3 is 5.69 Å². The number of hydrogen-bond acceptors (Lipinski definition) is 4. The van der Waals surface area contributed by atoms with Crippen LogP contribution in [0.15, 0.2) is 36.7 Å².